The van der Waals surface area contributed by atoms with Crippen LogP contribution < -0.4 is 9.64 Å². The maximum absolute atomic E-state index is 12.6. The minimum absolute atomic E-state index is 0.0317. The molecule has 2 aromatic carbocycles. The van der Waals surface area contributed by atoms with E-state index in [9.17, 15) is 4.79 Å². The zero-order valence-corrected chi connectivity index (χ0v) is 15.8. The highest BCUT2D eigenvalue weighted by atomic mass is 16.5. The van der Waals surface area contributed by atoms with Crippen molar-refractivity contribution in [3.05, 3.63) is 60.0 Å². The van der Waals surface area contributed by atoms with E-state index in [1.807, 2.05) is 62.4 Å². The largest absolute Gasteiger partial charge is 0.497 e. The van der Waals surface area contributed by atoms with Crippen LogP contribution in [0.4, 0.5) is 5.69 Å². The Kier molecular flexibility index (Phi) is 5.86. The minimum Gasteiger partial charge on any atom is -0.497 e. The van der Waals surface area contributed by atoms with E-state index < -0.39 is 0 Å². The number of ether oxygens (including phenoxy) is 1. The van der Waals surface area contributed by atoms with Crippen LogP contribution in [0.25, 0.3) is 11.5 Å². The average Bonchev–Trinajstić information content (AvgIpc) is 3.16. The molecule has 0 saturated heterocycles. The molecule has 0 aliphatic rings. The van der Waals surface area contributed by atoms with Gasteiger partial charge in [0.05, 0.1) is 7.11 Å². The van der Waals surface area contributed by atoms with Crippen LogP contribution in [-0.2, 0) is 11.2 Å². The van der Waals surface area contributed by atoms with E-state index in [1.165, 1.54) is 0 Å². The topological polar surface area (TPSA) is 68.5 Å². The fraction of sp³-hybridized carbons (Fsp3) is 0.286. The minimum atomic E-state index is 0.0317. The van der Waals surface area contributed by atoms with Gasteiger partial charge in [0.2, 0.25) is 17.7 Å². The second-order valence-corrected chi connectivity index (χ2v) is 6.21. The number of carbonyl (C=O) groups excluding carboxylic acids is 1. The van der Waals surface area contributed by atoms with Gasteiger partial charge in [0.15, 0.2) is 0 Å². The van der Waals surface area contributed by atoms with Gasteiger partial charge in [-0.25, -0.2) is 0 Å². The van der Waals surface area contributed by atoms with Gasteiger partial charge < -0.3 is 14.1 Å². The maximum atomic E-state index is 12.6. The smallest absolute Gasteiger partial charge is 0.247 e. The molecule has 0 aliphatic carbocycles. The first-order valence-electron chi connectivity index (χ1n) is 8.94. The molecule has 0 N–H and O–H groups in total. The number of amides is 1. The third-order valence-corrected chi connectivity index (χ3v) is 4.27. The lowest BCUT2D eigenvalue weighted by Crippen LogP contribution is -2.30. The number of aryl methyl sites for hydroxylation is 2. The van der Waals surface area contributed by atoms with Crippen LogP contribution >= 0.6 is 0 Å². The van der Waals surface area contributed by atoms with E-state index in [1.54, 1.807) is 12.0 Å². The molecule has 0 atom stereocenters. The number of hydrogen-bond acceptors (Lipinski definition) is 5. The van der Waals surface area contributed by atoms with E-state index in [0.717, 1.165) is 22.6 Å². The number of methoxy groups -OCH3 is 1. The number of anilines is 1. The molecule has 0 unspecified atom stereocenters. The second-order valence-electron chi connectivity index (χ2n) is 6.21. The summed E-state index contributed by atoms with van der Waals surface area (Å²) in [4.78, 5) is 14.4. The van der Waals surface area contributed by atoms with Gasteiger partial charge in [-0.3, -0.25) is 4.79 Å². The van der Waals surface area contributed by atoms with Crippen LogP contribution in [0.3, 0.4) is 0 Å². The average molecular weight is 365 g/mol. The molecule has 0 radical (unpaired) electrons. The van der Waals surface area contributed by atoms with Gasteiger partial charge in [0, 0.05) is 30.6 Å². The Morgan fingerprint density at radius 2 is 1.96 bits per heavy atom. The van der Waals surface area contributed by atoms with Crippen molar-refractivity contribution in [3.63, 3.8) is 0 Å². The maximum Gasteiger partial charge on any atom is 0.247 e. The monoisotopic (exact) mass is 365 g/mol. The first-order valence-corrected chi connectivity index (χ1v) is 8.94. The van der Waals surface area contributed by atoms with Crippen LogP contribution in [0.1, 0.15) is 24.8 Å². The van der Waals surface area contributed by atoms with E-state index in [2.05, 4.69) is 10.2 Å². The summed E-state index contributed by atoms with van der Waals surface area (Å²) in [6.07, 6.45) is 0.708. The van der Waals surface area contributed by atoms with Gasteiger partial charge in [-0.2, -0.15) is 0 Å². The van der Waals surface area contributed by atoms with Crippen molar-refractivity contribution in [2.45, 2.75) is 26.7 Å². The Labute approximate surface area is 158 Å². The summed E-state index contributed by atoms with van der Waals surface area (Å²) in [6, 6.07) is 15.4. The van der Waals surface area contributed by atoms with Crippen molar-refractivity contribution < 1.29 is 13.9 Å². The molecule has 0 aliphatic heterocycles. The molecule has 0 fully saturated rings. The fourth-order valence-electron chi connectivity index (χ4n) is 2.87. The molecule has 27 heavy (non-hydrogen) atoms. The van der Waals surface area contributed by atoms with Crippen LogP contribution in [0.15, 0.2) is 52.9 Å². The van der Waals surface area contributed by atoms with Gasteiger partial charge in [-0.1, -0.05) is 18.2 Å². The summed E-state index contributed by atoms with van der Waals surface area (Å²) in [5.74, 6) is 1.62. The molecule has 0 spiro atoms. The van der Waals surface area contributed by atoms with Gasteiger partial charge in [-0.05, 0) is 49.7 Å². The quantitative estimate of drug-likeness (QED) is 0.632. The predicted molar refractivity (Wildman–Crippen MR) is 104 cm³/mol. The molecule has 6 nitrogen and oxygen atoms in total. The van der Waals surface area contributed by atoms with Crippen molar-refractivity contribution in [1.29, 1.82) is 0 Å². The molecule has 1 aromatic heterocycles. The predicted octanol–water partition coefficient (Wildman–Crippen LogP) is 4.04. The number of nitrogens with zero attached hydrogens (tertiary/aromatic N) is 3. The fourth-order valence-corrected chi connectivity index (χ4v) is 2.87. The lowest BCUT2D eigenvalue weighted by Gasteiger charge is -2.21. The van der Waals surface area contributed by atoms with Crippen molar-refractivity contribution in [1.82, 2.24) is 10.2 Å². The SMILES string of the molecule is CCN(C(=O)CCc1nnc(-c2cccc(OC)c2)o1)c1cccc(C)c1. The first-order chi connectivity index (χ1) is 13.1. The van der Waals surface area contributed by atoms with Gasteiger partial charge in [0.1, 0.15) is 5.75 Å². The van der Waals surface area contributed by atoms with Crippen LogP contribution in [0, 0.1) is 6.92 Å². The summed E-state index contributed by atoms with van der Waals surface area (Å²) in [5.41, 5.74) is 2.82. The summed E-state index contributed by atoms with van der Waals surface area (Å²) in [7, 11) is 1.61. The Balaban J connectivity index is 1.66. The van der Waals surface area contributed by atoms with Crippen LogP contribution in [0.5, 0.6) is 5.75 Å². The zero-order valence-electron chi connectivity index (χ0n) is 15.8. The normalized spacial score (nSPS) is 10.6. The highest BCUT2D eigenvalue weighted by molar-refractivity contribution is 5.93. The third kappa shape index (κ3) is 4.53. The number of hydrogen-bond donors (Lipinski definition) is 0. The van der Waals surface area contributed by atoms with Crippen molar-refractivity contribution in [2.24, 2.45) is 0 Å². The summed E-state index contributed by atoms with van der Waals surface area (Å²) < 4.78 is 10.9. The van der Waals surface area contributed by atoms with Crippen molar-refractivity contribution in [2.75, 3.05) is 18.6 Å². The van der Waals surface area contributed by atoms with Crippen LogP contribution in [-0.4, -0.2) is 29.8 Å². The Morgan fingerprint density at radius 1 is 1.15 bits per heavy atom. The van der Waals surface area contributed by atoms with Crippen molar-refractivity contribution >= 4 is 11.6 Å². The lowest BCUT2D eigenvalue weighted by atomic mass is 10.2. The van der Waals surface area contributed by atoms with Crippen molar-refractivity contribution in [3.8, 4) is 17.2 Å². The Morgan fingerprint density at radius 3 is 2.70 bits per heavy atom. The molecule has 140 valence electrons. The molecule has 3 rings (SSSR count). The molecule has 0 bridgehead atoms. The van der Waals surface area contributed by atoms with E-state index in [0.29, 0.717) is 31.2 Å². The summed E-state index contributed by atoms with van der Waals surface area (Å²) in [6.45, 7) is 4.59. The molecule has 3 aromatic rings. The van der Waals surface area contributed by atoms with E-state index in [4.69, 9.17) is 9.15 Å². The molecule has 0 saturated carbocycles. The number of aromatic nitrogens is 2. The van der Waals surface area contributed by atoms with Gasteiger partial charge in [0.25, 0.3) is 0 Å². The van der Waals surface area contributed by atoms with E-state index >= 15 is 0 Å². The molecular formula is C21H23N3O3. The van der Waals surface area contributed by atoms with E-state index in [-0.39, 0.29) is 5.91 Å². The van der Waals surface area contributed by atoms with Crippen LogP contribution in [0.2, 0.25) is 0 Å². The molecule has 6 heteroatoms. The number of benzene rings is 2. The highest BCUT2D eigenvalue weighted by Crippen LogP contribution is 2.23. The summed E-state index contributed by atoms with van der Waals surface area (Å²) >= 11 is 0. The summed E-state index contributed by atoms with van der Waals surface area (Å²) in [5, 5.41) is 8.14. The molecule has 1 amide bonds. The number of rotatable bonds is 7. The number of carbonyl (C=O) groups is 1. The molecule has 1 heterocycles. The second kappa shape index (κ2) is 8.49. The highest BCUT2D eigenvalue weighted by Gasteiger charge is 2.16. The standard InChI is InChI=1S/C21H23N3O3/c1-4-24(17-9-5-7-15(2)13-17)20(25)12-11-19-22-23-21(27-19)16-8-6-10-18(14-16)26-3/h5-10,13-14H,4,11-12H2,1-3H3. The third-order valence-electron chi connectivity index (χ3n) is 4.27. The lowest BCUT2D eigenvalue weighted by molar-refractivity contribution is -0.118. The first kappa shape index (κ1) is 18.6. The van der Waals surface area contributed by atoms with Gasteiger partial charge in [-0.15, -0.1) is 10.2 Å². The Bertz CT molecular complexity index is 920. The zero-order chi connectivity index (χ0) is 19.2. The Hall–Kier alpha value is -3.15. The molecular weight excluding hydrogens is 342 g/mol. The van der Waals surface area contributed by atoms with Gasteiger partial charge >= 0.3 is 0 Å².